The number of aromatic amines is 1. The van der Waals surface area contributed by atoms with Gasteiger partial charge in [-0.25, -0.2) is 0 Å². The van der Waals surface area contributed by atoms with Crippen LogP contribution in [0.4, 0.5) is 0 Å². The molecule has 1 amide bonds. The minimum absolute atomic E-state index is 0. The zero-order valence-corrected chi connectivity index (χ0v) is 14.1. The van der Waals surface area contributed by atoms with Crippen molar-refractivity contribution in [1.29, 1.82) is 0 Å². The predicted molar refractivity (Wildman–Crippen MR) is 94.3 cm³/mol. The van der Waals surface area contributed by atoms with Crippen molar-refractivity contribution in [2.24, 2.45) is 11.7 Å². The van der Waals surface area contributed by atoms with Gasteiger partial charge in [0.2, 0.25) is 5.91 Å². The van der Waals surface area contributed by atoms with Gasteiger partial charge >= 0.3 is 0 Å². The van der Waals surface area contributed by atoms with Crippen molar-refractivity contribution in [3.8, 4) is 0 Å². The molecule has 0 fully saturated rings. The molecule has 5 heteroatoms. The number of halogens is 1. The number of para-hydroxylation sites is 1. The molecule has 0 aliphatic carbocycles. The Bertz CT molecular complexity index is 596. The monoisotopic (exact) mass is 323 g/mol. The van der Waals surface area contributed by atoms with Crippen LogP contribution in [0, 0.1) is 5.92 Å². The highest BCUT2D eigenvalue weighted by molar-refractivity contribution is 5.85. The first-order chi connectivity index (χ1) is 10.1. The first-order valence-corrected chi connectivity index (χ1v) is 7.71. The molecule has 1 aromatic carbocycles. The van der Waals surface area contributed by atoms with Crippen LogP contribution in [0.15, 0.2) is 30.5 Å². The van der Waals surface area contributed by atoms with Crippen molar-refractivity contribution in [3.63, 3.8) is 0 Å². The lowest BCUT2D eigenvalue weighted by molar-refractivity contribution is -0.123. The summed E-state index contributed by atoms with van der Waals surface area (Å²) in [5, 5.41) is 4.20. The Labute approximate surface area is 138 Å². The minimum Gasteiger partial charge on any atom is -0.361 e. The van der Waals surface area contributed by atoms with E-state index >= 15 is 0 Å². The second-order valence-corrected chi connectivity index (χ2v) is 5.67. The molecule has 0 radical (unpaired) electrons. The van der Waals surface area contributed by atoms with E-state index in [1.54, 1.807) is 0 Å². The van der Waals surface area contributed by atoms with E-state index in [0.29, 0.717) is 6.54 Å². The van der Waals surface area contributed by atoms with E-state index in [4.69, 9.17) is 5.73 Å². The van der Waals surface area contributed by atoms with Crippen LogP contribution in [-0.4, -0.2) is 23.5 Å². The van der Waals surface area contributed by atoms with Gasteiger partial charge in [-0.2, -0.15) is 0 Å². The quantitative estimate of drug-likeness (QED) is 0.685. The van der Waals surface area contributed by atoms with Crippen molar-refractivity contribution in [2.45, 2.75) is 39.2 Å². The van der Waals surface area contributed by atoms with Crippen molar-refractivity contribution >= 4 is 29.2 Å². The van der Waals surface area contributed by atoms with Crippen LogP contribution in [0.3, 0.4) is 0 Å². The number of aromatic nitrogens is 1. The second kappa shape index (κ2) is 8.81. The standard InChI is InChI=1S/C17H25N3O.ClH/c1-3-12(2)16(18)17(21)19-10-6-7-13-11-20-15-9-5-4-8-14(13)15;/h4-5,8-9,11-12,16,20H,3,6-7,10,18H2,1-2H3,(H,19,21);1H. The Balaban J connectivity index is 0.00000242. The molecule has 0 spiro atoms. The lowest BCUT2D eigenvalue weighted by Gasteiger charge is -2.17. The third kappa shape index (κ3) is 4.49. The van der Waals surface area contributed by atoms with Crippen molar-refractivity contribution < 1.29 is 4.79 Å². The summed E-state index contributed by atoms with van der Waals surface area (Å²) in [5.41, 5.74) is 8.37. The third-order valence-electron chi connectivity index (χ3n) is 4.16. The highest BCUT2D eigenvalue weighted by atomic mass is 35.5. The zero-order valence-electron chi connectivity index (χ0n) is 13.3. The summed E-state index contributed by atoms with van der Waals surface area (Å²) in [7, 11) is 0. The summed E-state index contributed by atoms with van der Waals surface area (Å²) in [6.07, 6.45) is 4.84. The van der Waals surface area contributed by atoms with E-state index in [1.807, 2.05) is 19.1 Å². The average molecular weight is 324 g/mol. The molecular weight excluding hydrogens is 298 g/mol. The highest BCUT2D eigenvalue weighted by Gasteiger charge is 2.18. The maximum absolute atomic E-state index is 11.9. The van der Waals surface area contributed by atoms with Gasteiger partial charge in [0.05, 0.1) is 6.04 Å². The zero-order chi connectivity index (χ0) is 15.2. The molecule has 0 saturated carbocycles. The second-order valence-electron chi connectivity index (χ2n) is 5.67. The Morgan fingerprint density at radius 1 is 1.36 bits per heavy atom. The number of hydrogen-bond donors (Lipinski definition) is 3. The number of carbonyl (C=O) groups is 1. The largest absolute Gasteiger partial charge is 0.361 e. The molecule has 2 rings (SSSR count). The molecule has 0 bridgehead atoms. The van der Waals surface area contributed by atoms with Crippen LogP contribution in [0.25, 0.3) is 10.9 Å². The van der Waals surface area contributed by atoms with Crippen LogP contribution in [-0.2, 0) is 11.2 Å². The molecule has 4 N–H and O–H groups in total. The molecule has 2 atom stereocenters. The highest BCUT2D eigenvalue weighted by Crippen LogP contribution is 2.18. The molecule has 22 heavy (non-hydrogen) atoms. The number of carbonyl (C=O) groups excluding carboxylic acids is 1. The van der Waals surface area contributed by atoms with Crippen molar-refractivity contribution in [3.05, 3.63) is 36.0 Å². The van der Waals surface area contributed by atoms with E-state index in [1.165, 1.54) is 10.9 Å². The number of hydrogen-bond acceptors (Lipinski definition) is 2. The van der Waals surface area contributed by atoms with Gasteiger partial charge in [0.25, 0.3) is 0 Å². The summed E-state index contributed by atoms with van der Waals surface area (Å²) in [6, 6.07) is 7.87. The molecule has 2 unspecified atom stereocenters. The summed E-state index contributed by atoms with van der Waals surface area (Å²) >= 11 is 0. The first kappa shape index (κ1) is 18.5. The minimum atomic E-state index is -0.400. The van der Waals surface area contributed by atoms with Crippen LogP contribution in [0.5, 0.6) is 0 Å². The maximum Gasteiger partial charge on any atom is 0.237 e. The Morgan fingerprint density at radius 3 is 2.82 bits per heavy atom. The number of benzene rings is 1. The van der Waals surface area contributed by atoms with Gasteiger partial charge in [0.1, 0.15) is 0 Å². The summed E-state index contributed by atoms with van der Waals surface area (Å²) < 4.78 is 0. The van der Waals surface area contributed by atoms with Gasteiger partial charge in [-0.05, 0) is 30.4 Å². The molecule has 0 aliphatic rings. The van der Waals surface area contributed by atoms with Crippen LogP contribution >= 0.6 is 12.4 Å². The predicted octanol–water partition coefficient (Wildman–Crippen LogP) is 3.01. The number of fused-ring (bicyclic) bond motifs is 1. The van der Waals surface area contributed by atoms with E-state index in [-0.39, 0.29) is 24.2 Å². The fraction of sp³-hybridized carbons (Fsp3) is 0.471. The van der Waals surface area contributed by atoms with Gasteiger partial charge in [0, 0.05) is 23.6 Å². The Hall–Kier alpha value is -1.52. The number of nitrogens with two attached hydrogens (primary N) is 1. The smallest absolute Gasteiger partial charge is 0.237 e. The maximum atomic E-state index is 11.9. The Morgan fingerprint density at radius 2 is 2.09 bits per heavy atom. The average Bonchev–Trinajstić information content (AvgIpc) is 2.93. The lowest BCUT2D eigenvalue weighted by Crippen LogP contribution is -2.44. The van der Waals surface area contributed by atoms with Crippen molar-refractivity contribution in [1.82, 2.24) is 10.3 Å². The fourth-order valence-electron chi connectivity index (χ4n) is 2.46. The first-order valence-electron chi connectivity index (χ1n) is 7.71. The number of rotatable bonds is 7. The Kier molecular flexibility index (Phi) is 7.42. The number of nitrogens with one attached hydrogen (secondary N) is 2. The molecule has 1 aromatic heterocycles. The fourth-order valence-corrected chi connectivity index (χ4v) is 2.46. The summed E-state index contributed by atoms with van der Waals surface area (Å²) in [5.74, 6) is 0.182. The topological polar surface area (TPSA) is 70.9 Å². The van der Waals surface area contributed by atoms with Gasteiger partial charge < -0.3 is 16.0 Å². The lowest BCUT2D eigenvalue weighted by atomic mass is 9.99. The van der Waals surface area contributed by atoms with E-state index in [2.05, 4.69) is 35.6 Å². The summed E-state index contributed by atoms with van der Waals surface area (Å²) in [4.78, 5) is 15.1. The van der Waals surface area contributed by atoms with Gasteiger partial charge in [0.15, 0.2) is 0 Å². The van der Waals surface area contributed by atoms with Crippen LogP contribution < -0.4 is 11.1 Å². The number of aryl methyl sites for hydroxylation is 1. The number of amides is 1. The molecule has 4 nitrogen and oxygen atoms in total. The van der Waals surface area contributed by atoms with Crippen molar-refractivity contribution in [2.75, 3.05) is 6.54 Å². The normalized spacial score (nSPS) is 13.4. The summed E-state index contributed by atoms with van der Waals surface area (Å²) in [6.45, 7) is 4.73. The SMILES string of the molecule is CCC(C)C(N)C(=O)NCCCc1c[nH]c2ccccc12.Cl. The third-order valence-corrected chi connectivity index (χ3v) is 4.16. The molecule has 122 valence electrons. The van der Waals surface area contributed by atoms with Gasteiger partial charge in [-0.1, -0.05) is 38.5 Å². The number of H-pyrrole nitrogens is 1. The molecule has 2 aromatic rings. The van der Waals surface area contributed by atoms with E-state index < -0.39 is 6.04 Å². The molecule has 0 aliphatic heterocycles. The molecule has 0 saturated heterocycles. The van der Waals surface area contributed by atoms with Gasteiger partial charge in [-0.3, -0.25) is 4.79 Å². The van der Waals surface area contributed by atoms with Crippen LogP contribution in [0.2, 0.25) is 0 Å². The molecular formula is C17H26ClN3O. The van der Waals surface area contributed by atoms with Crippen LogP contribution in [0.1, 0.15) is 32.3 Å². The van der Waals surface area contributed by atoms with E-state index in [9.17, 15) is 4.79 Å². The van der Waals surface area contributed by atoms with E-state index in [0.717, 1.165) is 24.8 Å². The van der Waals surface area contributed by atoms with Gasteiger partial charge in [-0.15, -0.1) is 12.4 Å². The molecule has 1 heterocycles.